The second kappa shape index (κ2) is 17.4. The highest BCUT2D eigenvalue weighted by Gasteiger charge is 2.62. The van der Waals surface area contributed by atoms with E-state index in [2.05, 4.69) is 85.9 Å². The van der Waals surface area contributed by atoms with E-state index < -0.39 is 49.2 Å². The highest BCUT2D eigenvalue weighted by molar-refractivity contribution is 7.93. The van der Waals surface area contributed by atoms with E-state index in [9.17, 15) is 10.0 Å². The first-order chi connectivity index (χ1) is 22.6. The van der Waals surface area contributed by atoms with Crippen molar-refractivity contribution in [3.05, 3.63) is 54.6 Å². The molecule has 2 N–H and O–H groups in total. The van der Waals surface area contributed by atoms with E-state index in [-0.39, 0.29) is 46.1 Å². The van der Waals surface area contributed by atoms with E-state index in [0.717, 1.165) is 25.7 Å². The van der Waals surface area contributed by atoms with Gasteiger partial charge in [0.2, 0.25) is 0 Å². The summed E-state index contributed by atoms with van der Waals surface area (Å²) in [5.74, 6) is -1.55. The van der Waals surface area contributed by atoms with Crippen molar-refractivity contribution in [3.8, 4) is 0 Å². The van der Waals surface area contributed by atoms with Crippen LogP contribution in [0.5, 0.6) is 0 Å². The number of nitrogens with zero attached hydrogens (tertiary/aromatic N) is 1. The summed E-state index contributed by atoms with van der Waals surface area (Å²) < 4.78 is 42.5. The predicted octanol–water partition coefficient (Wildman–Crippen LogP) is 10.2. The van der Waals surface area contributed by atoms with Gasteiger partial charge in [0.15, 0.2) is 26.5 Å². The maximum absolute atomic E-state index is 15.1. The maximum atomic E-state index is 15.1. The summed E-state index contributed by atoms with van der Waals surface area (Å²) in [6.07, 6.45) is 12.1. The molecule has 11 heteroatoms. The lowest BCUT2D eigenvalue weighted by molar-refractivity contribution is -0.137. The minimum Gasteiger partial charge on any atom is -0.481 e. The fourth-order valence-electron chi connectivity index (χ4n) is 5.90. The number of rotatable bonds is 18. The van der Waals surface area contributed by atoms with Crippen LogP contribution in [-0.4, -0.2) is 64.0 Å². The van der Waals surface area contributed by atoms with Crippen LogP contribution < -0.4 is 0 Å². The van der Waals surface area contributed by atoms with Gasteiger partial charge in [-0.25, -0.2) is 8.42 Å². The zero-order valence-electron chi connectivity index (χ0n) is 32.1. The summed E-state index contributed by atoms with van der Waals surface area (Å²) in [6, 6.07) is 8.39. The molecule has 0 heterocycles. The molecule has 0 radical (unpaired) electrons. The van der Waals surface area contributed by atoms with Crippen molar-refractivity contribution in [2.24, 2.45) is 11.1 Å². The van der Waals surface area contributed by atoms with Gasteiger partial charge in [0, 0.05) is 18.8 Å². The van der Waals surface area contributed by atoms with E-state index in [4.69, 9.17) is 14.0 Å². The Hall–Kier alpha value is -2.06. The molecule has 1 aliphatic rings. The minimum absolute atomic E-state index is 0.00621. The number of benzene rings is 1. The molecule has 0 spiro atoms. The van der Waals surface area contributed by atoms with E-state index >= 15 is 8.42 Å². The van der Waals surface area contributed by atoms with Gasteiger partial charge in [0.05, 0.1) is 22.8 Å². The summed E-state index contributed by atoms with van der Waals surface area (Å²) >= 11 is 0. The summed E-state index contributed by atoms with van der Waals surface area (Å²) in [7, 11) is -8.76. The molecule has 49 heavy (non-hydrogen) atoms. The molecule has 1 aliphatic carbocycles. The van der Waals surface area contributed by atoms with Gasteiger partial charge >= 0.3 is 5.97 Å². The number of hydrogen-bond donors (Lipinski definition) is 2. The van der Waals surface area contributed by atoms with Crippen LogP contribution >= 0.6 is 0 Å². The first-order valence-corrected chi connectivity index (χ1v) is 25.3. The van der Waals surface area contributed by atoms with Crippen LogP contribution in [0.2, 0.25) is 36.3 Å². The lowest BCUT2D eigenvalue weighted by Gasteiger charge is -2.41. The van der Waals surface area contributed by atoms with Crippen molar-refractivity contribution in [2.75, 3.05) is 0 Å². The largest absolute Gasteiger partial charge is 0.481 e. The van der Waals surface area contributed by atoms with Crippen molar-refractivity contribution >= 4 is 38.2 Å². The number of carbonyl (C=O) groups is 1. The molecule has 4 atom stereocenters. The number of oxime groups is 1. The molecule has 1 aromatic carbocycles. The standard InChI is InChI=1S/C38H65NO7SSi2/c1-12-13-17-22-30(45-48(8,9)36(2,3)4)26-27-32-33(46-49(10,11)37(5,6)7)29-34(39-42)38(32,28-21-15-14-20-25-35(40)41)47(43,44)31-23-18-16-19-24-31/h15-16,18-19,21,23-24,26-27,30,32-33,42H,12-14,17,20,22,25,28-29H2,1-11H3,(H,40,41)/b21-15-,27-26+,39-34+/t30-,32-,33+,38+/m0/s1. The van der Waals surface area contributed by atoms with Crippen LogP contribution in [0.4, 0.5) is 0 Å². The molecular formula is C38H65NO7SSi2. The van der Waals surface area contributed by atoms with Gasteiger partial charge in [-0.1, -0.05) is 115 Å². The molecular weight excluding hydrogens is 671 g/mol. The molecule has 0 amide bonds. The summed E-state index contributed by atoms with van der Waals surface area (Å²) in [6.45, 7) is 24.1. The minimum atomic E-state index is -4.15. The Bertz CT molecular complexity index is 1410. The van der Waals surface area contributed by atoms with Gasteiger partial charge in [-0.15, -0.1) is 0 Å². The average molecular weight is 736 g/mol. The molecule has 2 rings (SSSR count). The van der Waals surface area contributed by atoms with Crippen LogP contribution in [0.15, 0.2) is 64.7 Å². The molecule has 8 nitrogen and oxygen atoms in total. The van der Waals surface area contributed by atoms with Crippen molar-refractivity contribution in [2.45, 2.75) is 164 Å². The van der Waals surface area contributed by atoms with Crippen LogP contribution in [0.25, 0.3) is 0 Å². The quantitative estimate of drug-likeness (QED) is 0.0506. The van der Waals surface area contributed by atoms with Gasteiger partial charge in [-0.3, -0.25) is 4.79 Å². The Morgan fingerprint density at radius 2 is 1.61 bits per heavy atom. The van der Waals surface area contributed by atoms with E-state index in [1.54, 1.807) is 30.3 Å². The van der Waals surface area contributed by atoms with Crippen molar-refractivity contribution in [1.82, 2.24) is 0 Å². The summed E-state index contributed by atoms with van der Waals surface area (Å²) in [5.41, 5.74) is 0.178. The van der Waals surface area contributed by atoms with E-state index in [1.165, 1.54) is 0 Å². The highest BCUT2D eigenvalue weighted by Crippen LogP contribution is 2.50. The molecule has 0 aliphatic heterocycles. The third-order valence-corrected chi connectivity index (χ3v) is 22.5. The number of unbranched alkanes of at least 4 members (excludes halogenated alkanes) is 3. The topological polar surface area (TPSA) is 122 Å². The predicted molar refractivity (Wildman–Crippen MR) is 206 cm³/mol. The Morgan fingerprint density at radius 3 is 2.14 bits per heavy atom. The van der Waals surface area contributed by atoms with Gasteiger partial charge in [0.1, 0.15) is 4.75 Å². The monoisotopic (exact) mass is 735 g/mol. The summed E-state index contributed by atoms with van der Waals surface area (Å²) in [5, 5.41) is 23.3. The van der Waals surface area contributed by atoms with Gasteiger partial charge in [0.25, 0.3) is 0 Å². The third kappa shape index (κ3) is 10.7. The fourth-order valence-corrected chi connectivity index (χ4v) is 10.8. The molecule has 1 aromatic rings. The number of carboxylic acid groups (broad SMARTS) is 1. The van der Waals surface area contributed by atoms with E-state index in [0.29, 0.717) is 12.8 Å². The fraction of sp³-hybridized carbons (Fsp3) is 0.684. The smallest absolute Gasteiger partial charge is 0.303 e. The molecule has 278 valence electrons. The number of aliphatic carboxylic acids is 1. The Labute approximate surface area is 299 Å². The number of carboxylic acids is 1. The SMILES string of the molecule is CCCCC[C@@H](/C=C/[C@H]1[C@H](O[Si](C)(C)C(C)(C)C)C/C(=N\O)[C@]1(C/C=C\CCCC(=O)O)S(=O)(=O)c1ccccc1)O[Si](C)(C)C(C)(C)C. The number of hydrogen-bond acceptors (Lipinski definition) is 7. The second-order valence-corrected chi connectivity index (χ2v) is 28.4. The van der Waals surface area contributed by atoms with Crippen molar-refractivity contribution < 1.29 is 32.4 Å². The highest BCUT2D eigenvalue weighted by atomic mass is 32.2. The Balaban J connectivity index is 2.85. The lowest BCUT2D eigenvalue weighted by Crippen LogP contribution is -2.51. The zero-order valence-corrected chi connectivity index (χ0v) is 34.9. The average Bonchev–Trinajstić information content (AvgIpc) is 3.29. The second-order valence-electron chi connectivity index (χ2n) is 16.7. The summed E-state index contributed by atoms with van der Waals surface area (Å²) in [4.78, 5) is 11.3. The van der Waals surface area contributed by atoms with Gasteiger partial charge in [-0.2, -0.15) is 0 Å². The van der Waals surface area contributed by atoms with Crippen LogP contribution in [-0.2, 0) is 23.5 Å². The molecule has 0 aromatic heterocycles. The van der Waals surface area contributed by atoms with Gasteiger partial charge < -0.3 is 19.2 Å². The normalized spacial score (nSPS) is 22.8. The lowest BCUT2D eigenvalue weighted by atomic mass is 9.88. The zero-order chi connectivity index (χ0) is 37.3. The van der Waals surface area contributed by atoms with Crippen LogP contribution in [0.3, 0.4) is 0 Å². The molecule has 0 unspecified atom stereocenters. The maximum Gasteiger partial charge on any atom is 0.303 e. The van der Waals surface area contributed by atoms with Crippen LogP contribution in [0.1, 0.15) is 106 Å². The first-order valence-electron chi connectivity index (χ1n) is 18.0. The molecule has 1 fully saturated rings. The third-order valence-electron chi connectivity index (χ3n) is 11.0. The molecule has 1 saturated carbocycles. The molecule has 0 saturated heterocycles. The van der Waals surface area contributed by atoms with Gasteiger partial charge in [-0.05, 0) is 74.1 Å². The van der Waals surface area contributed by atoms with E-state index in [1.807, 2.05) is 18.2 Å². The molecule has 0 bridgehead atoms. The number of allylic oxidation sites excluding steroid dienone is 2. The van der Waals surface area contributed by atoms with Crippen molar-refractivity contribution in [1.29, 1.82) is 0 Å². The Kier molecular flexibility index (Phi) is 15.3. The first kappa shape index (κ1) is 43.1. The van der Waals surface area contributed by atoms with Crippen LogP contribution in [0, 0.1) is 5.92 Å². The Morgan fingerprint density at radius 1 is 1.00 bits per heavy atom. The van der Waals surface area contributed by atoms with Crippen molar-refractivity contribution in [3.63, 3.8) is 0 Å². The number of sulfone groups is 1.